The van der Waals surface area contributed by atoms with Crippen molar-refractivity contribution in [2.45, 2.75) is 91.5 Å². The van der Waals surface area contributed by atoms with Gasteiger partial charge in [0.1, 0.15) is 23.9 Å². The Labute approximate surface area is 489 Å². The molecule has 6 heterocycles. The molecule has 6 aromatic rings. The number of carboxylic acids is 2. The quantitative estimate of drug-likeness (QED) is 0.0482. The van der Waals surface area contributed by atoms with Crippen LogP contribution in [0, 0.1) is 23.7 Å². The van der Waals surface area contributed by atoms with Gasteiger partial charge >= 0.3 is 24.1 Å². The van der Waals surface area contributed by atoms with E-state index in [1.807, 2.05) is 41.5 Å². The largest absolute Gasteiger partial charge is 0.494 e. The minimum atomic E-state index is -1.28. The number of carbonyl (C=O) groups excluding carboxylic acids is 4. The number of para-hydroxylation sites is 2. The summed E-state index contributed by atoms with van der Waals surface area (Å²) in [6, 6.07) is 13.4. The maximum Gasteiger partial charge on any atom is 0.410 e. The van der Waals surface area contributed by atoms with Gasteiger partial charge in [0.25, 0.3) is 0 Å². The molecule has 2 aliphatic heterocycles. The van der Waals surface area contributed by atoms with E-state index in [0.717, 1.165) is 25.7 Å². The zero-order valence-corrected chi connectivity index (χ0v) is 50.2. The molecule has 0 unspecified atom stereocenters. The first-order valence-corrected chi connectivity index (χ1v) is 26.5. The van der Waals surface area contributed by atoms with Gasteiger partial charge in [0.15, 0.2) is 46.2 Å². The van der Waals surface area contributed by atoms with Gasteiger partial charge in [-0.05, 0) is 91.5 Å². The number of ether oxygens (including phenoxy) is 4. The van der Waals surface area contributed by atoms with Crippen molar-refractivity contribution in [3.8, 4) is 34.3 Å². The number of aromatic carboxylic acids is 2. The Hall–Kier alpha value is -8.88. The average molecular weight is 1190 g/mol. The van der Waals surface area contributed by atoms with Crippen molar-refractivity contribution in [3.05, 3.63) is 72.6 Å². The van der Waals surface area contributed by atoms with Gasteiger partial charge in [-0.25, -0.2) is 29.1 Å². The number of aromatic nitrogens is 10. The molecule has 28 nitrogen and oxygen atoms in total. The summed E-state index contributed by atoms with van der Waals surface area (Å²) in [5.74, 6) is -0.674. The second-order valence-electron chi connectivity index (χ2n) is 22.2. The fraction of sp³-hybridized carbons (Fsp3) is 0.444. The predicted octanol–water partition coefficient (Wildman–Crippen LogP) is 6.80. The second-order valence-corrected chi connectivity index (χ2v) is 22.2. The summed E-state index contributed by atoms with van der Waals surface area (Å²) >= 11 is 0. The molecule has 4 amide bonds. The van der Waals surface area contributed by atoms with Crippen LogP contribution in [-0.2, 0) is 51.6 Å². The number of rotatable bonds is 18. The molecule has 4 fully saturated rings. The van der Waals surface area contributed by atoms with Crippen LogP contribution in [0.15, 0.2) is 61.2 Å². The van der Waals surface area contributed by atoms with E-state index in [1.165, 1.54) is 26.4 Å². The van der Waals surface area contributed by atoms with E-state index in [4.69, 9.17) is 18.9 Å². The van der Waals surface area contributed by atoms with E-state index in [2.05, 4.69) is 61.8 Å². The normalized spacial score (nSPS) is 15.0. The van der Waals surface area contributed by atoms with Crippen molar-refractivity contribution in [3.63, 3.8) is 0 Å². The number of carbonyl (C=O) groups is 6. The predicted molar refractivity (Wildman–Crippen MR) is 294 cm³/mol. The van der Waals surface area contributed by atoms with Gasteiger partial charge in [0, 0.05) is 94.6 Å². The van der Waals surface area contributed by atoms with Crippen molar-refractivity contribution in [1.82, 2.24) is 59.7 Å². The molecule has 10 rings (SSSR count). The Kier molecular flexibility index (Phi) is 18.2. The topological polar surface area (TPSA) is 347 Å². The molecular weight excluding hydrogens is 1130 g/mol. The molecule has 2 saturated heterocycles. The Morgan fingerprint density at radius 3 is 1.27 bits per heavy atom. The van der Waals surface area contributed by atoms with Gasteiger partial charge in [-0.15, -0.1) is 20.4 Å². The summed E-state index contributed by atoms with van der Waals surface area (Å²) in [6.45, 7) is 14.5. The molecule has 6 N–H and O–H groups in total. The van der Waals surface area contributed by atoms with Crippen LogP contribution >= 0.6 is 0 Å². The monoisotopic (exact) mass is 1190 g/mol. The summed E-state index contributed by atoms with van der Waals surface area (Å²) < 4.78 is 25.6. The Morgan fingerprint density at radius 1 is 0.566 bits per heavy atom. The summed E-state index contributed by atoms with van der Waals surface area (Å²) in [5.41, 5.74) is 0.620. The first kappa shape index (κ1) is 60.2. The van der Waals surface area contributed by atoms with Gasteiger partial charge in [-0.1, -0.05) is 12.1 Å². The summed E-state index contributed by atoms with van der Waals surface area (Å²) in [6.07, 6.45) is 5.86. The van der Waals surface area contributed by atoms with Gasteiger partial charge in [-0.2, -0.15) is 10.2 Å². The number of nitrogens with zero attached hydrogens (tertiary/aromatic N) is 12. The molecule has 2 saturated carbocycles. The molecule has 0 spiro atoms. The summed E-state index contributed by atoms with van der Waals surface area (Å²) in [5, 5.41) is 55.3. The van der Waals surface area contributed by atoms with Crippen LogP contribution in [0.4, 0.5) is 44.0 Å². The number of amides is 4. The molecule has 2 aliphatic carbocycles. The van der Waals surface area contributed by atoms with Crippen LogP contribution in [0.5, 0.6) is 11.5 Å². The minimum absolute atomic E-state index is 0. The number of benzene rings is 2. The van der Waals surface area contributed by atoms with Crippen LogP contribution in [0.1, 0.15) is 88.2 Å². The fourth-order valence-corrected chi connectivity index (χ4v) is 8.78. The van der Waals surface area contributed by atoms with Crippen LogP contribution in [0.2, 0.25) is 0 Å². The SMILES string of the molecule is COc1c(Nc2cc(NC(=O)C3CC3)nnc2C(=O)O)cccc1-c1ncn(CC2CN(C(=O)OC(C)(C)C)C2)n1.COc1c(Nc2cc(NC(=O)C3CC3)nnc2C(=O)O)cccc1-c1ncn(CC2CN(C(=O)OC(C)(C)C)C2)n1.[Zn]. The van der Waals surface area contributed by atoms with Crippen molar-refractivity contribution in [2.75, 3.05) is 61.7 Å². The van der Waals surface area contributed by atoms with E-state index < -0.39 is 23.1 Å². The van der Waals surface area contributed by atoms with Crippen LogP contribution in [-0.4, -0.2) is 157 Å². The second kappa shape index (κ2) is 25.1. The molecule has 0 bridgehead atoms. The Balaban J connectivity index is 0.000000214. The zero-order chi connectivity index (χ0) is 58.6. The maximum absolute atomic E-state index is 12.2. The molecule has 2 aromatic carbocycles. The number of hydrogen-bond donors (Lipinski definition) is 6. The number of carboxylic acid groups (broad SMARTS) is 2. The van der Waals surface area contributed by atoms with E-state index in [1.54, 1.807) is 68.2 Å². The molecule has 29 heteroatoms. The Bertz CT molecular complexity index is 3170. The van der Waals surface area contributed by atoms with Crippen molar-refractivity contribution in [1.29, 1.82) is 0 Å². The van der Waals surface area contributed by atoms with E-state index in [0.29, 0.717) is 84.9 Å². The van der Waals surface area contributed by atoms with Crippen molar-refractivity contribution >= 4 is 70.3 Å². The molecule has 4 aliphatic rings. The number of methoxy groups -OCH3 is 2. The van der Waals surface area contributed by atoms with Gasteiger partial charge < -0.3 is 60.2 Å². The van der Waals surface area contributed by atoms with E-state index in [9.17, 15) is 39.0 Å². The fourth-order valence-electron chi connectivity index (χ4n) is 8.78. The van der Waals surface area contributed by atoms with E-state index >= 15 is 0 Å². The third-order valence-electron chi connectivity index (χ3n) is 13.0. The summed E-state index contributed by atoms with van der Waals surface area (Å²) in [4.78, 5) is 84.6. The van der Waals surface area contributed by atoms with Gasteiger partial charge in [0.2, 0.25) is 11.8 Å². The first-order valence-electron chi connectivity index (χ1n) is 26.5. The minimum Gasteiger partial charge on any atom is -0.494 e. The first-order chi connectivity index (χ1) is 39.0. The smallest absolute Gasteiger partial charge is 0.410 e. The van der Waals surface area contributed by atoms with Crippen LogP contribution < -0.4 is 30.7 Å². The maximum atomic E-state index is 12.2. The van der Waals surface area contributed by atoms with Gasteiger partial charge in [0.05, 0.1) is 48.1 Å². The third kappa shape index (κ3) is 15.4. The third-order valence-corrected chi connectivity index (χ3v) is 13.0. The van der Waals surface area contributed by atoms with Crippen LogP contribution in [0.3, 0.4) is 0 Å². The molecule has 434 valence electrons. The van der Waals surface area contributed by atoms with Crippen LogP contribution in [0.25, 0.3) is 22.8 Å². The average Bonchev–Trinajstić information content (AvgIpc) is 4.33. The molecule has 0 atom stereocenters. The number of nitrogens with one attached hydrogen (secondary N) is 4. The summed E-state index contributed by atoms with van der Waals surface area (Å²) in [7, 11) is 2.98. The van der Waals surface area contributed by atoms with Crippen molar-refractivity contribution in [2.24, 2.45) is 23.7 Å². The molecule has 83 heavy (non-hydrogen) atoms. The standard InChI is InChI=1S/2C27H32N8O6.Zn/c2*1-27(2,3)41-26(39)34-11-15(12-34)13-35-14-28-23(33-35)17-6-5-7-18(22(17)40-4)29-19-10-20(30-24(36)16-8-9-16)31-32-21(19)25(37)38;/h2*5-7,10,14-16H,8-9,11-13H2,1-4H3,(H,37,38)(H2,29,30,31,36);. The molecule has 4 aromatic heterocycles. The molecular formula is C54H64N16O12Zn. The van der Waals surface area contributed by atoms with Gasteiger partial charge in [-0.3, -0.25) is 19.0 Å². The molecule has 0 radical (unpaired) electrons. The zero-order valence-electron chi connectivity index (χ0n) is 47.2. The number of likely N-dealkylation sites (tertiary alicyclic amines) is 2. The Morgan fingerprint density at radius 2 is 0.940 bits per heavy atom. The number of anilines is 6. The number of hydrogen-bond acceptors (Lipinski definition) is 20. The van der Waals surface area contributed by atoms with Crippen molar-refractivity contribution < 1.29 is 77.4 Å². The van der Waals surface area contributed by atoms with E-state index in [-0.39, 0.29) is 102 Å².